The minimum atomic E-state index is -0.177. The summed E-state index contributed by atoms with van der Waals surface area (Å²) in [6.45, 7) is 0.115. The number of amides is 2. The summed E-state index contributed by atoms with van der Waals surface area (Å²) in [7, 11) is 0. The van der Waals surface area contributed by atoms with Crippen molar-refractivity contribution in [2.45, 2.75) is 0 Å². The van der Waals surface area contributed by atoms with Gasteiger partial charge in [0.1, 0.15) is 4.60 Å². The van der Waals surface area contributed by atoms with Gasteiger partial charge < -0.3 is 20.1 Å². The molecule has 2 amide bonds. The van der Waals surface area contributed by atoms with Gasteiger partial charge >= 0.3 is 0 Å². The van der Waals surface area contributed by atoms with E-state index < -0.39 is 0 Å². The first-order chi connectivity index (χ1) is 15.1. The van der Waals surface area contributed by atoms with E-state index >= 15 is 0 Å². The van der Waals surface area contributed by atoms with E-state index in [0.717, 1.165) is 11.3 Å². The second-order valence-electron chi connectivity index (χ2n) is 6.48. The van der Waals surface area contributed by atoms with Gasteiger partial charge in [-0.2, -0.15) is 0 Å². The zero-order valence-electron chi connectivity index (χ0n) is 16.2. The minimum absolute atomic E-state index is 0.0495. The Hall–Kier alpha value is -3.72. The monoisotopic (exact) mass is 480 g/mol. The molecule has 0 saturated carbocycles. The van der Waals surface area contributed by atoms with Crippen molar-refractivity contribution < 1.29 is 19.1 Å². The van der Waals surface area contributed by atoms with Crippen LogP contribution in [-0.2, 0) is 9.59 Å². The van der Waals surface area contributed by atoms with Gasteiger partial charge in [-0.15, -0.1) is 0 Å². The van der Waals surface area contributed by atoms with Crippen molar-refractivity contribution in [2.75, 3.05) is 23.8 Å². The van der Waals surface area contributed by atoms with Crippen LogP contribution >= 0.6 is 15.9 Å². The van der Waals surface area contributed by atoms with Crippen molar-refractivity contribution in [3.8, 4) is 11.5 Å². The van der Waals surface area contributed by atoms with Crippen molar-refractivity contribution in [1.82, 2.24) is 9.97 Å². The third-order valence-corrected chi connectivity index (χ3v) is 4.62. The highest BCUT2D eigenvalue weighted by Crippen LogP contribution is 2.27. The molecule has 2 N–H and O–H groups in total. The van der Waals surface area contributed by atoms with Crippen LogP contribution in [0.15, 0.2) is 59.2 Å². The van der Waals surface area contributed by atoms with Crippen LogP contribution in [0.4, 0.5) is 11.6 Å². The molecule has 0 aliphatic carbocycles. The zero-order valence-corrected chi connectivity index (χ0v) is 17.8. The maximum absolute atomic E-state index is 11.2. The van der Waals surface area contributed by atoms with E-state index in [1.807, 2.05) is 54.6 Å². The molecule has 0 bridgehead atoms. The standard InChI is InChI=1S/C15H12N2O2.C7H5BrN2O2/c18-14-10-19-13-9-8-12(16-15(13)17-14)7-6-11-4-2-1-3-5-11;8-5-2-1-4-7(9-5)10-6(11)3-12-4/h1-9H,10H2,(H,16,17,18);1-2H,3H2,(H,9,10,11). The molecular formula is C22H17BrN4O4. The Labute approximate surface area is 186 Å². The van der Waals surface area contributed by atoms with Crippen LogP contribution in [0.25, 0.3) is 12.2 Å². The summed E-state index contributed by atoms with van der Waals surface area (Å²) in [5, 5.41) is 5.29. The number of hydrogen-bond donors (Lipinski definition) is 2. The molecule has 2 aliphatic rings. The van der Waals surface area contributed by atoms with Crippen LogP contribution in [0.2, 0.25) is 0 Å². The second-order valence-corrected chi connectivity index (χ2v) is 7.29. The summed E-state index contributed by atoms with van der Waals surface area (Å²) in [5.41, 5.74) is 1.87. The third-order valence-electron chi connectivity index (χ3n) is 4.18. The summed E-state index contributed by atoms with van der Waals surface area (Å²) in [4.78, 5) is 30.4. The Morgan fingerprint density at radius 2 is 1.39 bits per heavy atom. The first-order valence-electron chi connectivity index (χ1n) is 9.33. The lowest BCUT2D eigenvalue weighted by Gasteiger charge is -2.16. The van der Waals surface area contributed by atoms with Crippen molar-refractivity contribution in [2.24, 2.45) is 0 Å². The number of nitrogens with zero attached hydrogens (tertiary/aromatic N) is 2. The highest BCUT2D eigenvalue weighted by Gasteiger charge is 2.17. The number of carbonyl (C=O) groups is 2. The van der Waals surface area contributed by atoms with Gasteiger partial charge in [-0.3, -0.25) is 9.59 Å². The SMILES string of the molecule is O=C1COc2ccc(Br)nc2N1.O=C1COc2ccc(C=Cc3ccccc3)nc2N1. The quantitative estimate of drug-likeness (QED) is 0.541. The highest BCUT2D eigenvalue weighted by molar-refractivity contribution is 9.10. The molecule has 0 atom stereocenters. The summed E-state index contributed by atoms with van der Waals surface area (Å²) < 4.78 is 11.0. The normalized spacial score (nSPS) is 14.1. The minimum Gasteiger partial charge on any atom is -0.480 e. The second kappa shape index (κ2) is 9.40. The van der Waals surface area contributed by atoms with E-state index in [1.54, 1.807) is 12.1 Å². The van der Waals surface area contributed by atoms with Gasteiger partial charge in [0.05, 0.1) is 5.69 Å². The molecule has 0 spiro atoms. The van der Waals surface area contributed by atoms with E-state index in [1.165, 1.54) is 0 Å². The number of fused-ring (bicyclic) bond motifs is 2. The number of aromatic nitrogens is 2. The predicted octanol–water partition coefficient (Wildman–Crippen LogP) is 3.76. The van der Waals surface area contributed by atoms with Crippen LogP contribution in [-0.4, -0.2) is 35.0 Å². The van der Waals surface area contributed by atoms with Gasteiger partial charge in [-0.1, -0.05) is 36.4 Å². The average molecular weight is 481 g/mol. The highest BCUT2D eigenvalue weighted by atomic mass is 79.9. The molecule has 4 heterocycles. The number of rotatable bonds is 2. The summed E-state index contributed by atoms with van der Waals surface area (Å²) >= 11 is 3.19. The fourth-order valence-electron chi connectivity index (χ4n) is 2.76. The van der Waals surface area contributed by atoms with E-state index in [9.17, 15) is 9.59 Å². The molecule has 5 rings (SSSR count). The Morgan fingerprint density at radius 3 is 2.06 bits per heavy atom. The lowest BCUT2D eigenvalue weighted by atomic mass is 10.2. The molecular weight excluding hydrogens is 464 g/mol. The first kappa shape index (κ1) is 20.5. The third kappa shape index (κ3) is 5.46. The van der Waals surface area contributed by atoms with Crippen molar-refractivity contribution >= 4 is 51.5 Å². The van der Waals surface area contributed by atoms with Gasteiger partial charge in [0.25, 0.3) is 11.8 Å². The largest absolute Gasteiger partial charge is 0.480 e. The number of ether oxygens (including phenoxy) is 2. The number of anilines is 2. The van der Waals surface area contributed by atoms with Crippen LogP contribution in [0.3, 0.4) is 0 Å². The number of hydrogen-bond acceptors (Lipinski definition) is 6. The first-order valence-corrected chi connectivity index (χ1v) is 10.1. The summed E-state index contributed by atoms with van der Waals surface area (Å²) in [5.74, 6) is 1.82. The molecule has 8 nitrogen and oxygen atoms in total. The van der Waals surface area contributed by atoms with E-state index in [0.29, 0.717) is 27.7 Å². The predicted molar refractivity (Wildman–Crippen MR) is 120 cm³/mol. The number of benzene rings is 1. The van der Waals surface area contributed by atoms with E-state index in [4.69, 9.17) is 9.47 Å². The number of pyridine rings is 2. The van der Waals surface area contributed by atoms with Crippen LogP contribution in [0.1, 0.15) is 11.3 Å². The maximum atomic E-state index is 11.2. The number of halogens is 1. The van der Waals surface area contributed by atoms with Gasteiger partial charge in [0.15, 0.2) is 36.3 Å². The molecule has 2 aromatic heterocycles. The molecule has 0 unspecified atom stereocenters. The van der Waals surface area contributed by atoms with Crippen molar-refractivity contribution in [3.63, 3.8) is 0 Å². The Balaban J connectivity index is 0.000000166. The molecule has 31 heavy (non-hydrogen) atoms. The Bertz CT molecular complexity index is 1150. The van der Waals surface area contributed by atoms with Crippen LogP contribution < -0.4 is 20.1 Å². The maximum Gasteiger partial charge on any atom is 0.263 e. The van der Waals surface area contributed by atoms with E-state index in [2.05, 4.69) is 36.5 Å². The van der Waals surface area contributed by atoms with Crippen LogP contribution in [0, 0.1) is 0 Å². The van der Waals surface area contributed by atoms with Crippen molar-refractivity contribution in [3.05, 3.63) is 70.5 Å². The lowest BCUT2D eigenvalue weighted by Crippen LogP contribution is -2.26. The number of nitrogens with one attached hydrogen (secondary N) is 2. The van der Waals surface area contributed by atoms with Gasteiger partial charge in [-0.25, -0.2) is 9.97 Å². The van der Waals surface area contributed by atoms with Crippen molar-refractivity contribution in [1.29, 1.82) is 0 Å². The van der Waals surface area contributed by atoms with E-state index in [-0.39, 0.29) is 25.0 Å². The molecule has 3 aromatic rings. The molecule has 9 heteroatoms. The molecule has 1 aromatic carbocycles. The lowest BCUT2D eigenvalue weighted by molar-refractivity contribution is -0.119. The average Bonchev–Trinajstić information content (AvgIpc) is 2.78. The van der Waals surface area contributed by atoms with Gasteiger partial charge in [0.2, 0.25) is 0 Å². The summed E-state index contributed by atoms with van der Waals surface area (Å²) in [6, 6.07) is 17.1. The number of carbonyl (C=O) groups excluding carboxylic acids is 2. The zero-order chi connectivity index (χ0) is 21.6. The molecule has 0 saturated heterocycles. The molecule has 0 radical (unpaired) electrons. The fraction of sp³-hybridized carbons (Fsp3) is 0.0909. The fourth-order valence-corrected chi connectivity index (χ4v) is 3.07. The molecule has 156 valence electrons. The Kier molecular flexibility index (Phi) is 6.23. The van der Waals surface area contributed by atoms with Crippen LogP contribution in [0.5, 0.6) is 11.5 Å². The van der Waals surface area contributed by atoms with Gasteiger partial charge in [-0.05, 0) is 51.8 Å². The smallest absolute Gasteiger partial charge is 0.263 e. The molecule has 0 fully saturated rings. The topological polar surface area (TPSA) is 102 Å². The molecule has 2 aliphatic heterocycles. The Morgan fingerprint density at radius 1 is 0.774 bits per heavy atom. The summed E-state index contributed by atoms with van der Waals surface area (Å²) in [6.07, 6.45) is 3.87. The van der Waals surface area contributed by atoms with Gasteiger partial charge in [0, 0.05) is 0 Å².